The van der Waals surface area contributed by atoms with E-state index in [4.69, 9.17) is 4.74 Å². The first-order valence-electron chi connectivity index (χ1n) is 8.51. The highest BCUT2D eigenvalue weighted by atomic mass is 16.5. The number of anilines is 1. The van der Waals surface area contributed by atoms with Crippen molar-refractivity contribution in [1.82, 2.24) is 4.90 Å². The Bertz CT molecular complexity index is 701. The number of morpholine rings is 1. The van der Waals surface area contributed by atoms with Crippen molar-refractivity contribution < 1.29 is 14.3 Å². The monoisotopic (exact) mass is 338 g/mol. The number of carbonyl (C=O) groups is 2. The molecule has 0 radical (unpaired) electrons. The SMILES string of the molecule is O=CNc1ccc(C(=O)N2CCOC(CCc3ccccc3)C2)cc1. The van der Waals surface area contributed by atoms with Gasteiger partial charge in [0.2, 0.25) is 6.41 Å². The van der Waals surface area contributed by atoms with Gasteiger partial charge in [-0.2, -0.15) is 0 Å². The summed E-state index contributed by atoms with van der Waals surface area (Å²) in [7, 11) is 0. The number of aryl methyl sites for hydroxylation is 1. The molecule has 1 saturated heterocycles. The van der Waals surface area contributed by atoms with Gasteiger partial charge in [-0.05, 0) is 42.7 Å². The minimum absolute atomic E-state index is 0.00524. The fourth-order valence-electron chi connectivity index (χ4n) is 3.01. The summed E-state index contributed by atoms with van der Waals surface area (Å²) in [6.45, 7) is 1.78. The van der Waals surface area contributed by atoms with E-state index in [-0.39, 0.29) is 12.0 Å². The van der Waals surface area contributed by atoms with Crippen LogP contribution in [-0.2, 0) is 16.0 Å². The molecule has 25 heavy (non-hydrogen) atoms. The predicted octanol–water partition coefficient (Wildman–Crippen LogP) is 2.73. The number of nitrogens with one attached hydrogen (secondary N) is 1. The molecule has 1 unspecified atom stereocenters. The van der Waals surface area contributed by atoms with E-state index in [9.17, 15) is 9.59 Å². The van der Waals surface area contributed by atoms with Crippen molar-refractivity contribution >= 4 is 18.0 Å². The Morgan fingerprint density at radius 3 is 2.64 bits per heavy atom. The summed E-state index contributed by atoms with van der Waals surface area (Å²) in [5, 5.41) is 2.57. The quantitative estimate of drug-likeness (QED) is 0.824. The Balaban J connectivity index is 1.56. The summed E-state index contributed by atoms with van der Waals surface area (Å²) in [6.07, 6.45) is 2.53. The van der Waals surface area contributed by atoms with Crippen LogP contribution >= 0.6 is 0 Å². The summed E-state index contributed by atoms with van der Waals surface area (Å²) >= 11 is 0. The molecular formula is C20H22N2O3. The maximum absolute atomic E-state index is 12.7. The highest BCUT2D eigenvalue weighted by Crippen LogP contribution is 2.16. The van der Waals surface area contributed by atoms with E-state index < -0.39 is 0 Å². The van der Waals surface area contributed by atoms with Gasteiger partial charge in [-0.3, -0.25) is 9.59 Å². The lowest BCUT2D eigenvalue weighted by Crippen LogP contribution is -2.45. The van der Waals surface area contributed by atoms with Gasteiger partial charge in [0.25, 0.3) is 5.91 Å². The topological polar surface area (TPSA) is 58.6 Å². The number of hydrogen-bond acceptors (Lipinski definition) is 3. The molecule has 1 aliphatic heterocycles. The molecule has 1 aliphatic rings. The second-order valence-corrected chi connectivity index (χ2v) is 6.11. The Morgan fingerprint density at radius 2 is 1.92 bits per heavy atom. The smallest absolute Gasteiger partial charge is 0.254 e. The van der Waals surface area contributed by atoms with Crippen LogP contribution in [0.1, 0.15) is 22.3 Å². The lowest BCUT2D eigenvalue weighted by Gasteiger charge is -2.33. The fraction of sp³-hybridized carbons (Fsp3) is 0.300. The zero-order valence-corrected chi connectivity index (χ0v) is 14.1. The van der Waals surface area contributed by atoms with Crippen molar-refractivity contribution in [3.8, 4) is 0 Å². The van der Waals surface area contributed by atoms with Gasteiger partial charge in [-0.15, -0.1) is 0 Å². The van der Waals surface area contributed by atoms with Crippen LogP contribution in [0.15, 0.2) is 54.6 Å². The molecule has 1 atom stereocenters. The minimum atomic E-state index is 0.00524. The number of carbonyl (C=O) groups excluding carboxylic acids is 2. The highest BCUT2D eigenvalue weighted by Gasteiger charge is 2.24. The van der Waals surface area contributed by atoms with Crippen LogP contribution < -0.4 is 5.32 Å². The molecule has 2 amide bonds. The third-order valence-electron chi connectivity index (χ3n) is 4.38. The zero-order valence-electron chi connectivity index (χ0n) is 14.1. The van der Waals surface area contributed by atoms with Crippen LogP contribution in [0.4, 0.5) is 5.69 Å². The van der Waals surface area contributed by atoms with Gasteiger partial charge in [0.1, 0.15) is 0 Å². The number of ether oxygens (including phenoxy) is 1. The van der Waals surface area contributed by atoms with E-state index in [2.05, 4.69) is 17.4 Å². The lowest BCUT2D eigenvalue weighted by molar-refractivity contribution is -0.105. The summed E-state index contributed by atoms with van der Waals surface area (Å²) in [5.74, 6) is 0.00524. The molecule has 5 heteroatoms. The Morgan fingerprint density at radius 1 is 1.16 bits per heavy atom. The number of benzene rings is 2. The standard InChI is InChI=1S/C20H22N2O3/c23-15-21-18-9-7-17(8-10-18)20(24)22-12-13-25-19(14-22)11-6-16-4-2-1-3-5-16/h1-5,7-10,15,19H,6,11-14H2,(H,21,23). The molecule has 1 N–H and O–H groups in total. The van der Waals surface area contributed by atoms with Gasteiger partial charge in [0.05, 0.1) is 12.7 Å². The molecule has 3 rings (SSSR count). The van der Waals surface area contributed by atoms with E-state index in [0.717, 1.165) is 12.8 Å². The average Bonchev–Trinajstić information content (AvgIpc) is 2.68. The van der Waals surface area contributed by atoms with Crippen molar-refractivity contribution in [2.45, 2.75) is 18.9 Å². The molecular weight excluding hydrogens is 316 g/mol. The molecule has 0 aliphatic carbocycles. The van der Waals surface area contributed by atoms with Gasteiger partial charge < -0.3 is 15.0 Å². The Hall–Kier alpha value is -2.66. The van der Waals surface area contributed by atoms with Gasteiger partial charge in [-0.25, -0.2) is 0 Å². The average molecular weight is 338 g/mol. The van der Waals surface area contributed by atoms with E-state index >= 15 is 0 Å². The Kier molecular flexibility index (Phi) is 5.80. The molecule has 0 aromatic heterocycles. The van der Waals surface area contributed by atoms with Crippen LogP contribution in [-0.4, -0.2) is 43.0 Å². The van der Waals surface area contributed by atoms with Crippen LogP contribution in [0.25, 0.3) is 0 Å². The summed E-state index contributed by atoms with van der Waals surface area (Å²) in [4.78, 5) is 25.0. The maximum Gasteiger partial charge on any atom is 0.254 e. The first-order valence-corrected chi connectivity index (χ1v) is 8.51. The minimum Gasteiger partial charge on any atom is -0.375 e. The molecule has 130 valence electrons. The molecule has 0 spiro atoms. The maximum atomic E-state index is 12.7. The van der Waals surface area contributed by atoms with Crippen LogP contribution in [0.2, 0.25) is 0 Å². The van der Waals surface area contributed by atoms with Crippen molar-refractivity contribution in [3.63, 3.8) is 0 Å². The number of rotatable bonds is 6. The van der Waals surface area contributed by atoms with Gasteiger partial charge in [0, 0.05) is 24.3 Å². The number of amides is 2. The molecule has 1 fully saturated rings. The molecule has 5 nitrogen and oxygen atoms in total. The summed E-state index contributed by atoms with van der Waals surface area (Å²) in [5.41, 5.74) is 2.59. The second-order valence-electron chi connectivity index (χ2n) is 6.11. The summed E-state index contributed by atoms with van der Waals surface area (Å²) in [6, 6.07) is 17.2. The van der Waals surface area contributed by atoms with Gasteiger partial charge in [-0.1, -0.05) is 30.3 Å². The lowest BCUT2D eigenvalue weighted by atomic mass is 10.1. The van der Waals surface area contributed by atoms with E-state index in [1.807, 2.05) is 23.1 Å². The molecule has 2 aromatic rings. The van der Waals surface area contributed by atoms with E-state index in [1.165, 1.54) is 5.56 Å². The van der Waals surface area contributed by atoms with Gasteiger partial charge in [0.15, 0.2) is 0 Å². The normalized spacial score (nSPS) is 17.1. The summed E-state index contributed by atoms with van der Waals surface area (Å²) < 4.78 is 5.82. The van der Waals surface area contributed by atoms with Gasteiger partial charge >= 0.3 is 0 Å². The van der Waals surface area contributed by atoms with Crippen molar-refractivity contribution in [1.29, 1.82) is 0 Å². The number of nitrogens with zero attached hydrogens (tertiary/aromatic N) is 1. The van der Waals surface area contributed by atoms with Crippen molar-refractivity contribution in [2.24, 2.45) is 0 Å². The van der Waals surface area contributed by atoms with Crippen molar-refractivity contribution in [2.75, 3.05) is 25.0 Å². The second kappa shape index (κ2) is 8.44. The molecule has 2 aromatic carbocycles. The highest BCUT2D eigenvalue weighted by molar-refractivity contribution is 5.94. The first kappa shape index (κ1) is 17.2. The number of hydrogen-bond donors (Lipinski definition) is 1. The third-order valence-corrected chi connectivity index (χ3v) is 4.38. The fourth-order valence-corrected chi connectivity index (χ4v) is 3.01. The van der Waals surface area contributed by atoms with E-state index in [0.29, 0.717) is 37.4 Å². The van der Waals surface area contributed by atoms with Crippen molar-refractivity contribution in [3.05, 3.63) is 65.7 Å². The van der Waals surface area contributed by atoms with Crippen LogP contribution in [0.3, 0.4) is 0 Å². The van der Waals surface area contributed by atoms with E-state index in [1.54, 1.807) is 24.3 Å². The largest absolute Gasteiger partial charge is 0.375 e. The molecule has 0 saturated carbocycles. The molecule has 1 heterocycles. The predicted molar refractivity (Wildman–Crippen MR) is 96.5 cm³/mol. The Labute approximate surface area is 147 Å². The van der Waals surface area contributed by atoms with Crippen LogP contribution in [0.5, 0.6) is 0 Å². The van der Waals surface area contributed by atoms with Crippen LogP contribution in [0, 0.1) is 0 Å². The molecule has 0 bridgehead atoms. The zero-order chi connectivity index (χ0) is 17.5. The first-order chi connectivity index (χ1) is 12.3. The third kappa shape index (κ3) is 4.67.